The van der Waals surface area contributed by atoms with Crippen molar-refractivity contribution in [2.45, 2.75) is 51.5 Å². The molecule has 1 atom stereocenters. The molecule has 4 heteroatoms. The van der Waals surface area contributed by atoms with Gasteiger partial charge in [0.05, 0.1) is 13.2 Å². The maximum atomic E-state index is 12.4. The third-order valence-corrected chi connectivity index (χ3v) is 4.51. The topological polar surface area (TPSA) is 62.1 Å². The molecule has 1 aliphatic carbocycles. The number of carbonyl (C=O) groups is 1. The predicted octanol–water partition coefficient (Wildman–Crippen LogP) is 3.22. The molecular weight excluding hydrogens is 276 g/mol. The molecule has 0 heterocycles. The van der Waals surface area contributed by atoms with Crippen LogP contribution >= 0.6 is 0 Å². The lowest BCUT2D eigenvalue weighted by atomic mass is 9.86. The number of benzene rings is 1. The van der Waals surface area contributed by atoms with Crippen LogP contribution in [0.1, 0.15) is 44.6 Å². The fraction of sp³-hybridized carbons (Fsp3) is 0.556. The van der Waals surface area contributed by atoms with E-state index in [0.29, 0.717) is 12.8 Å². The van der Waals surface area contributed by atoms with Crippen molar-refractivity contribution >= 4 is 5.91 Å². The highest BCUT2D eigenvalue weighted by Crippen LogP contribution is 2.37. The normalized spacial score (nSPS) is 17.5. The Balaban J connectivity index is 1.83. The molecule has 1 amide bonds. The van der Waals surface area contributed by atoms with Gasteiger partial charge in [-0.3, -0.25) is 4.79 Å². The number of hydrogen-bond acceptors (Lipinski definition) is 3. The van der Waals surface area contributed by atoms with Crippen LogP contribution in [0.3, 0.4) is 0 Å². The number of aryl methyl sites for hydroxylation is 1. The van der Waals surface area contributed by atoms with Crippen molar-refractivity contribution in [3.8, 4) is 11.8 Å². The van der Waals surface area contributed by atoms with E-state index in [4.69, 9.17) is 4.74 Å². The zero-order chi connectivity index (χ0) is 16.0. The van der Waals surface area contributed by atoms with Crippen molar-refractivity contribution in [2.24, 2.45) is 5.41 Å². The van der Waals surface area contributed by atoms with E-state index in [1.807, 2.05) is 31.2 Å². The fourth-order valence-corrected chi connectivity index (χ4v) is 2.98. The van der Waals surface area contributed by atoms with E-state index in [1.165, 1.54) is 5.56 Å². The van der Waals surface area contributed by atoms with Crippen LogP contribution in [-0.4, -0.2) is 19.1 Å². The molecule has 4 nitrogen and oxygen atoms in total. The fourth-order valence-electron chi connectivity index (χ4n) is 2.98. The van der Waals surface area contributed by atoms with Crippen LogP contribution in [-0.2, 0) is 11.2 Å². The van der Waals surface area contributed by atoms with Crippen molar-refractivity contribution in [2.75, 3.05) is 7.11 Å². The molecule has 2 rings (SSSR count). The maximum absolute atomic E-state index is 12.4. The highest BCUT2D eigenvalue weighted by atomic mass is 16.5. The van der Waals surface area contributed by atoms with Crippen LogP contribution in [0.15, 0.2) is 24.3 Å². The molecule has 0 aromatic heterocycles. The largest absolute Gasteiger partial charge is 0.497 e. The molecule has 0 saturated heterocycles. The summed E-state index contributed by atoms with van der Waals surface area (Å²) >= 11 is 0. The minimum atomic E-state index is -0.783. The van der Waals surface area contributed by atoms with Gasteiger partial charge in [0.25, 0.3) is 0 Å². The van der Waals surface area contributed by atoms with Crippen molar-refractivity contribution in [1.29, 1.82) is 5.26 Å². The summed E-state index contributed by atoms with van der Waals surface area (Å²) in [6, 6.07) is 10.3. The first-order valence-electron chi connectivity index (χ1n) is 7.95. The van der Waals surface area contributed by atoms with Gasteiger partial charge in [0.1, 0.15) is 11.2 Å². The Kier molecular flexibility index (Phi) is 5.43. The Morgan fingerprint density at radius 2 is 2.00 bits per heavy atom. The van der Waals surface area contributed by atoms with Gasteiger partial charge in [-0.2, -0.15) is 5.26 Å². The molecule has 0 aliphatic heterocycles. The van der Waals surface area contributed by atoms with Gasteiger partial charge in [-0.05, 0) is 50.3 Å². The summed E-state index contributed by atoms with van der Waals surface area (Å²) in [4.78, 5) is 12.4. The summed E-state index contributed by atoms with van der Waals surface area (Å²) in [5.74, 6) is 0.761. The molecule has 1 saturated carbocycles. The SMILES string of the molecule is COc1ccc(CC[C@@H](C)NC(=O)C2(C#N)CCCC2)cc1. The van der Waals surface area contributed by atoms with Crippen molar-refractivity contribution in [1.82, 2.24) is 5.32 Å². The molecular formula is C18H24N2O2. The predicted molar refractivity (Wildman–Crippen MR) is 85.4 cm³/mol. The van der Waals surface area contributed by atoms with Gasteiger partial charge in [0.15, 0.2) is 0 Å². The van der Waals surface area contributed by atoms with Crippen LogP contribution in [0, 0.1) is 16.7 Å². The minimum absolute atomic E-state index is 0.0698. The van der Waals surface area contributed by atoms with Crippen molar-refractivity contribution in [3.63, 3.8) is 0 Å². The molecule has 0 unspecified atom stereocenters. The monoisotopic (exact) mass is 300 g/mol. The number of nitriles is 1. The second kappa shape index (κ2) is 7.31. The molecule has 118 valence electrons. The van der Waals surface area contributed by atoms with Crippen molar-refractivity contribution < 1.29 is 9.53 Å². The van der Waals surface area contributed by atoms with E-state index >= 15 is 0 Å². The Morgan fingerprint density at radius 3 is 2.55 bits per heavy atom. The molecule has 1 N–H and O–H groups in total. The molecule has 0 bridgehead atoms. The van der Waals surface area contributed by atoms with E-state index < -0.39 is 5.41 Å². The van der Waals surface area contributed by atoms with Gasteiger partial charge in [-0.15, -0.1) is 0 Å². The van der Waals surface area contributed by atoms with Gasteiger partial charge < -0.3 is 10.1 Å². The van der Waals surface area contributed by atoms with Crippen molar-refractivity contribution in [3.05, 3.63) is 29.8 Å². The lowest BCUT2D eigenvalue weighted by molar-refractivity contribution is -0.128. The van der Waals surface area contributed by atoms with Gasteiger partial charge in [-0.1, -0.05) is 25.0 Å². The first-order valence-corrected chi connectivity index (χ1v) is 7.95. The average molecular weight is 300 g/mol. The summed E-state index contributed by atoms with van der Waals surface area (Å²) in [5.41, 5.74) is 0.437. The molecule has 22 heavy (non-hydrogen) atoms. The number of nitrogens with zero attached hydrogens (tertiary/aromatic N) is 1. The summed E-state index contributed by atoms with van der Waals surface area (Å²) in [7, 11) is 1.65. The van der Waals surface area contributed by atoms with E-state index in [9.17, 15) is 10.1 Å². The Hall–Kier alpha value is -2.02. The van der Waals surface area contributed by atoms with E-state index in [-0.39, 0.29) is 11.9 Å². The number of nitrogens with one attached hydrogen (secondary N) is 1. The standard InChI is InChI=1S/C18H24N2O2/c1-14(5-6-15-7-9-16(22-2)10-8-15)20-17(21)18(13-19)11-3-4-12-18/h7-10,14H,3-6,11-12H2,1-2H3,(H,20,21)/t14-/m1/s1. The molecule has 0 radical (unpaired) electrons. The zero-order valence-corrected chi connectivity index (χ0v) is 13.4. The smallest absolute Gasteiger partial charge is 0.240 e. The third-order valence-electron chi connectivity index (χ3n) is 4.51. The van der Waals surface area contributed by atoms with Crippen LogP contribution < -0.4 is 10.1 Å². The number of hydrogen-bond donors (Lipinski definition) is 1. The first-order chi connectivity index (χ1) is 10.6. The van der Waals surface area contributed by atoms with E-state index in [2.05, 4.69) is 11.4 Å². The second-order valence-corrected chi connectivity index (χ2v) is 6.16. The lowest BCUT2D eigenvalue weighted by Gasteiger charge is -2.22. The molecule has 1 aliphatic rings. The number of methoxy groups -OCH3 is 1. The summed E-state index contributed by atoms with van der Waals surface area (Å²) in [6.07, 6.45) is 5.09. The third kappa shape index (κ3) is 3.79. The number of carbonyl (C=O) groups excluding carboxylic acids is 1. The second-order valence-electron chi connectivity index (χ2n) is 6.16. The summed E-state index contributed by atoms with van der Waals surface area (Å²) in [5, 5.41) is 12.4. The van der Waals surface area contributed by atoms with Gasteiger partial charge >= 0.3 is 0 Å². The van der Waals surface area contributed by atoms with E-state index in [0.717, 1.165) is 31.4 Å². The molecule has 0 spiro atoms. The first kappa shape index (κ1) is 16.4. The van der Waals surface area contributed by atoms with Crippen LogP contribution in [0.5, 0.6) is 5.75 Å². The van der Waals surface area contributed by atoms with Crippen LogP contribution in [0.2, 0.25) is 0 Å². The highest BCUT2D eigenvalue weighted by Gasteiger charge is 2.41. The average Bonchev–Trinajstić information content (AvgIpc) is 3.03. The van der Waals surface area contributed by atoms with E-state index in [1.54, 1.807) is 7.11 Å². The number of ether oxygens (including phenoxy) is 1. The molecule has 1 fully saturated rings. The lowest BCUT2D eigenvalue weighted by Crippen LogP contribution is -2.42. The quantitative estimate of drug-likeness (QED) is 0.877. The van der Waals surface area contributed by atoms with Gasteiger partial charge in [0, 0.05) is 6.04 Å². The Bertz CT molecular complexity index is 539. The highest BCUT2D eigenvalue weighted by molar-refractivity contribution is 5.85. The summed E-state index contributed by atoms with van der Waals surface area (Å²) in [6.45, 7) is 2.00. The maximum Gasteiger partial charge on any atom is 0.240 e. The van der Waals surface area contributed by atoms with Crippen LogP contribution in [0.25, 0.3) is 0 Å². The Labute approximate surface area is 132 Å². The van der Waals surface area contributed by atoms with Crippen LogP contribution in [0.4, 0.5) is 0 Å². The Morgan fingerprint density at radius 1 is 1.36 bits per heavy atom. The number of amides is 1. The molecule has 1 aromatic rings. The minimum Gasteiger partial charge on any atom is -0.497 e. The zero-order valence-electron chi connectivity index (χ0n) is 13.4. The summed E-state index contributed by atoms with van der Waals surface area (Å²) < 4.78 is 5.14. The van der Waals surface area contributed by atoms with Gasteiger partial charge in [-0.25, -0.2) is 0 Å². The number of rotatable bonds is 6. The molecule has 1 aromatic carbocycles. The van der Waals surface area contributed by atoms with Gasteiger partial charge in [0.2, 0.25) is 5.91 Å².